The van der Waals surface area contributed by atoms with Crippen LogP contribution in [0.4, 0.5) is 0 Å². The summed E-state index contributed by atoms with van der Waals surface area (Å²) in [5, 5.41) is 0. The maximum absolute atomic E-state index is 12.8. The lowest BCUT2D eigenvalue weighted by Crippen LogP contribution is -2.52. The summed E-state index contributed by atoms with van der Waals surface area (Å²) in [6.07, 6.45) is 5.89. The van der Waals surface area contributed by atoms with Gasteiger partial charge in [0.05, 0.1) is 0 Å². The van der Waals surface area contributed by atoms with Gasteiger partial charge >= 0.3 is 0 Å². The zero-order chi connectivity index (χ0) is 15.7. The van der Waals surface area contributed by atoms with E-state index in [0.29, 0.717) is 12.2 Å². The number of halogens is 1. The fraction of sp³-hybridized carbons (Fsp3) is 0.438. The van der Waals surface area contributed by atoms with Crippen molar-refractivity contribution in [2.75, 3.05) is 6.54 Å². The molecule has 7 heteroatoms. The normalized spacial score (nSPS) is 19.2. The van der Waals surface area contributed by atoms with Crippen molar-refractivity contribution in [2.24, 2.45) is 5.73 Å². The van der Waals surface area contributed by atoms with E-state index in [1.807, 2.05) is 6.92 Å². The zero-order valence-electron chi connectivity index (χ0n) is 13.0. The van der Waals surface area contributed by atoms with Crippen LogP contribution in [0, 0.1) is 0 Å². The maximum atomic E-state index is 12.8. The second-order valence-electron chi connectivity index (χ2n) is 5.83. The molecule has 3 rings (SSSR count). The average molecular weight is 337 g/mol. The third kappa shape index (κ3) is 3.23. The van der Waals surface area contributed by atoms with Gasteiger partial charge < -0.3 is 10.6 Å². The van der Waals surface area contributed by atoms with Crippen LogP contribution in [0.2, 0.25) is 0 Å². The van der Waals surface area contributed by atoms with Crippen molar-refractivity contribution >= 4 is 24.0 Å². The van der Waals surface area contributed by atoms with Crippen LogP contribution in [0.15, 0.2) is 35.4 Å². The Balaban J connectivity index is 0.00000192. The molecule has 1 aliphatic heterocycles. The number of aromatic nitrogens is 2. The number of hydrogen-bond donors (Lipinski definition) is 1. The summed E-state index contributed by atoms with van der Waals surface area (Å²) in [6, 6.07) is 5.16. The molecule has 2 N–H and O–H groups in total. The Morgan fingerprint density at radius 1 is 1.39 bits per heavy atom. The number of amides is 1. The number of piperidine rings is 1. The van der Waals surface area contributed by atoms with Crippen LogP contribution in [0.5, 0.6) is 0 Å². The third-order valence-corrected chi connectivity index (χ3v) is 4.26. The highest BCUT2D eigenvalue weighted by atomic mass is 35.5. The predicted octanol–water partition coefficient (Wildman–Crippen LogP) is 1.46. The van der Waals surface area contributed by atoms with Gasteiger partial charge in [0.25, 0.3) is 11.5 Å². The van der Waals surface area contributed by atoms with Crippen molar-refractivity contribution in [3.8, 4) is 0 Å². The molecule has 0 radical (unpaired) electrons. The molecule has 1 saturated heterocycles. The first-order chi connectivity index (χ1) is 10.6. The molecule has 23 heavy (non-hydrogen) atoms. The van der Waals surface area contributed by atoms with Gasteiger partial charge in [0, 0.05) is 31.0 Å². The molecule has 1 amide bonds. The molecule has 0 saturated carbocycles. The molecule has 3 heterocycles. The Kier molecular flexibility index (Phi) is 5.38. The smallest absolute Gasteiger partial charge is 0.270 e. The average Bonchev–Trinajstić information content (AvgIpc) is 2.55. The van der Waals surface area contributed by atoms with E-state index in [0.717, 1.165) is 19.3 Å². The molecule has 2 unspecified atom stereocenters. The number of carbonyl (C=O) groups is 1. The Morgan fingerprint density at radius 2 is 2.17 bits per heavy atom. The molecule has 2 atom stereocenters. The van der Waals surface area contributed by atoms with E-state index in [-0.39, 0.29) is 41.5 Å². The van der Waals surface area contributed by atoms with Gasteiger partial charge in [0.1, 0.15) is 11.2 Å². The van der Waals surface area contributed by atoms with Crippen molar-refractivity contribution in [3.05, 3.63) is 46.5 Å². The van der Waals surface area contributed by atoms with Crippen LogP contribution >= 0.6 is 12.4 Å². The van der Waals surface area contributed by atoms with Gasteiger partial charge in [-0.3, -0.25) is 14.0 Å². The van der Waals surface area contributed by atoms with Crippen LogP contribution in [0.3, 0.4) is 0 Å². The monoisotopic (exact) mass is 336 g/mol. The molecule has 1 aliphatic rings. The van der Waals surface area contributed by atoms with Gasteiger partial charge in [-0.05, 0) is 38.3 Å². The Hall–Kier alpha value is -1.92. The summed E-state index contributed by atoms with van der Waals surface area (Å²) < 4.78 is 1.40. The lowest BCUT2D eigenvalue weighted by Gasteiger charge is -2.37. The van der Waals surface area contributed by atoms with Crippen molar-refractivity contribution in [2.45, 2.75) is 38.3 Å². The summed E-state index contributed by atoms with van der Waals surface area (Å²) in [6.45, 7) is 2.55. The lowest BCUT2D eigenvalue weighted by atomic mass is 9.96. The lowest BCUT2D eigenvalue weighted by molar-refractivity contribution is 0.0581. The highest BCUT2D eigenvalue weighted by Gasteiger charge is 2.31. The minimum absolute atomic E-state index is 0. The third-order valence-electron chi connectivity index (χ3n) is 4.26. The van der Waals surface area contributed by atoms with Crippen LogP contribution in [-0.2, 0) is 0 Å². The first-order valence-electron chi connectivity index (χ1n) is 7.62. The minimum atomic E-state index is -0.329. The van der Waals surface area contributed by atoms with Gasteiger partial charge in [-0.1, -0.05) is 6.07 Å². The quantitative estimate of drug-likeness (QED) is 0.900. The molecule has 6 nitrogen and oxygen atoms in total. The van der Waals surface area contributed by atoms with Gasteiger partial charge in [-0.15, -0.1) is 12.4 Å². The van der Waals surface area contributed by atoms with Crippen LogP contribution < -0.4 is 11.3 Å². The number of hydrogen-bond acceptors (Lipinski definition) is 4. The summed E-state index contributed by atoms with van der Waals surface area (Å²) in [5.41, 5.74) is 6.32. The summed E-state index contributed by atoms with van der Waals surface area (Å²) in [7, 11) is 0. The molecule has 0 spiro atoms. The van der Waals surface area contributed by atoms with Gasteiger partial charge in [0.2, 0.25) is 0 Å². The van der Waals surface area contributed by atoms with Crippen molar-refractivity contribution in [1.82, 2.24) is 14.3 Å². The van der Waals surface area contributed by atoms with E-state index < -0.39 is 0 Å². The highest BCUT2D eigenvalue weighted by molar-refractivity contribution is 5.94. The number of carbonyl (C=O) groups excluding carboxylic acids is 1. The van der Waals surface area contributed by atoms with Gasteiger partial charge in [-0.2, -0.15) is 0 Å². The number of pyridine rings is 1. The second kappa shape index (κ2) is 7.10. The first-order valence-corrected chi connectivity index (χ1v) is 7.62. The standard InChI is InChI=1S/C16H20N4O2.ClH/c1-11(17)13-6-2-4-8-19(13)15(21)12-10-18-14-7-3-5-9-20(14)16(12)22;/h3,5,7,9-11,13H,2,4,6,8,17H2,1H3;1H. The summed E-state index contributed by atoms with van der Waals surface area (Å²) in [4.78, 5) is 31.3. The SMILES string of the molecule is CC(N)C1CCCCN1C(=O)c1cnc2ccccn2c1=O.Cl. The number of likely N-dealkylation sites (tertiary alicyclic amines) is 1. The Labute approximate surface area is 140 Å². The number of nitrogens with two attached hydrogens (primary N) is 1. The molecule has 0 aromatic carbocycles. The molecule has 2 aromatic heterocycles. The van der Waals surface area contributed by atoms with Crippen molar-refractivity contribution in [3.63, 3.8) is 0 Å². The van der Waals surface area contributed by atoms with Gasteiger partial charge in [0.15, 0.2) is 0 Å². The molecule has 1 fully saturated rings. The highest BCUT2D eigenvalue weighted by Crippen LogP contribution is 2.20. The predicted molar refractivity (Wildman–Crippen MR) is 91.0 cm³/mol. The van der Waals surface area contributed by atoms with Crippen molar-refractivity contribution in [1.29, 1.82) is 0 Å². The largest absolute Gasteiger partial charge is 0.334 e. The minimum Gasteiger partial charge on any atom is -0.334 e. The zero-order valence-corrected chi connectivity index (χ0v) is 13.8. The van der Waals surface area contributed by atoms with Gasteiger partial charge in [-0.25, -0.2) is 4.98 Å². The Bertz CT molecular complexity index is 759. The van der Waals surface area contributed by atoms with Crippen molar-refractivity contribution < 1.29 is 4.79 Å². The van der Waals surface area contributed by atoms with E-state index in [1.54, 1.807) is 29.3 Å². The van der Waals surface area contributed by atoms with Crippen LogP contribution in [0.1, 0.15) is 36.5 Å². The topological polar surface area (TPSA) is 80.7 Å². The molecule has 124 valence electrons. The number of rotatable bonds is 2. The molecule has 0 bridgehead atoms. The molecule has 2 aromatic rings. The summed E-state index contributed by atoms with van der Waals surface area (Å²) >= 11 is 0. The Morgan fingerprint density at radius 3 is 2.91 bits per heavy atom. The summed E-state index contributed by atoms with van der Waals surface area (Å²) in [5.74, 6) is -0.266. The molecule has 0 aliphatic carbocycles. The number of nitrogens with zero attached hydrogens (tertiary/aromatic N) is 3. The molecular formula is C16H21ClN4O2. The first kappa shape index (κ1) is 17.4. The van der Waals surface area contributed by atoms with E-state index >= 15 is 0 Å². The van der Waals surface area contributed by atoms with E-state index in [1.165, 1.54) is 10.6 Å². The van der Waals surface area contributed by atoms with E-state index in [4.69, 9.17) is 5.73 Å². The van der Waals surface area contributed by atoms with E-state index in [2.05, 4.69) is 4.98 Å². The van der Waals surface area contributed by atoms with Crippen LogP contribution in [0.25, 0.3) is 5.65 Å². The number of fused-ring (bicyclic) bond motifs is 1. The van der Waals surface area contributed by atoms with E-state index in [9.17, 15) is 9.59 Å². The fourth-order valence-corrected chi connectivity index (χ4v) is 3.08. The molecular weight excluding hydrogens is 316 g/mol. The second-order valence-corrected chi connectivity index (χ2v) is 5.83. The van der Waals surface area contributed by atoms with Crippen LogP contribution in [-0.4, -0.2) is 38.8 Å². The maximum Gasteiger partial charge on any atom is 0.270 e. The fourth-order valence-electron chi connectivity index (χ4n) is 3.08.